The third kappa shape index (κ3) is 5.60. The molecule has 2 atom stereocenters. The van der Waals surface area contributed by atoms with E-state index in [-0.39, 0.29) is 37.3 Å². The minimum atomic E-state index is -0.608. The standard InChI is InChI=1S/C26H34N2O6/c1-2-5-18-14-25(31)34-22-15-20(7-8-21(18)22)33-17-23(29)27-12-9-24(30)28-13-11-26(32)10-4-3-6-19(26)16-28/h7-8,14-15,19,32H,2-6,9-13,16-17H2,1H3,(H,27,29)/t19-,26-/m1/s1. The van der Waals surface area contributed by atoms with Crippen LogP contribution >= 0.6 is 0 Å². The molecule has 8 nitrogen and oxygen atoms in total. The fourth-order valence-corrected chi connectivity index (χ4v) is 5.24. The van der Waals surface area contributed by atoms with Crippen molar-refractivity contribution >= 4 is 22.8 Å². The Hall–Kier alpha value is -2.87. The van der Waals surface area contributed by atoms with Crippen LogP contribution < -0.4 is 15.7 Å². The molecule has 2 aromatic rings. The highest BCUT2D eigenvalue weighted by Crippen LogP contribution is 2.39. The van der Waals surface area contributed by atoms with E-state index >= 15 is 0 Å². The quantitative estimate of drug-likeness (QED) is 0.575. The fraction of sp³-hybridized carbons (Fsp3) is 0.577. The predicted molar refractivity (Wildman–Crippen MR) is 128 cm³/mol. The van der Waals surface area contributed by atoms with E-state index < -0.39 is 11.2 Å². The second-order valence-electron chi connectivity index (χ2n) is 9.52. The molecule has 184 valence electrons. The summed E-state index contributed by atoms with van der Waals surface area (Å²) < 4.78 is 10.9. The second kappa shape index (κ2) is 10.6. The van der Waals surface area contributed by atoms with Gasteiger partial charge in [0.15, 0.2) is 6.61 Å². The predicted octanol–water partition coefficient (Wildman–Crippen LogP) is 2.78. The highest BCUT2D eigenvalue weighted by Gasteiger charge is 2.43. The van der Waals surface area contributed by atoms with Crippen molar-refractivity contribution in [3.05, 3.63) is 40.2 Å². The van der Waals surface area contributed by atoms with Gasteiger partial charge in [0, 0.05) is 49.5 Å². The summed E-state index contributed by atoms with van der Waals surface area (Å²) in [6, 6.07) is 6.72. The van der Waals surface area contributed by atoms with Gasteiger partial charge in [0.05, 0.1) is 5.60 Å². The number of likely N-dealkylation sites (tertiary alicyclic amines) is 1. The van der Waals surface area contributed by atoms with Crippen molar-refractivity contribution in [3.63, 3.8) is 0 Å². The van der Waals surface area contributed by atoms with E-state index in [1.54, 1.807) is 12.1 Å². The third-order valence-corrected chi connectivity index (χ3v) is 7.13. The Balaban J connectivity index is 1.23. The number of hydrogen-bond acceptors (Lipinski definition) is 6. The summed E-state index contributed by atoms with van der Waals surface area (Å²) >= 11 is 0. The largest absolute Gasteiger partial charge is 0.484 e. The Kier molecular flexibility index (Phi) is 7.56. The third-order valence-electron chi connectivity index (χ3n) is 7.13. The van der Waals surface area contributed by atoms with E-state index in [0.29, 0.717) is 30.8 Å². The molecule has 2 aliphatic rings. The minimum absolute atomic E-state index is 0.00119. The number of fused-ring (bicyclic) bond motifs is 2. The van der Waals surface area contributed by atoms with Gasteiger partial charge in [-0.25, -0.2) is 4.79 Å². The number of ether oxygens (including phenoxy) is 1. The average Bonchev–Trinajstić information content (AvgIpc) is 2.82. The maximum absolute atomic E-state index is 12.6. The van der Waals surface area contributed by atoms with Crippen LogP contribution in [0, 0.1) is 5.92 Å². The van der Waals surface area contributed by atoms with Crippen molar-refractivity contribution in [1.82, 2.24) is 10.2 Å². The van der Waals surface area contributed by atoms with Crippen molar-refractivity contribution in [2.75, 3.05) is 26.2 Å². The van der Waals surface area contributed by atoms with Gasteiger partial charge in [-0.3, -0.25) is 9.59 Å². The van der Waals surface area contributed by atoms with Crippen LogP contribution in [0.25, 0.3) is 11.0 Å². The van der Waals surface area contributed by atoms with E-state index in [4.69, 9.17) is 9.15 Å². The highest BCUT2D eigenvalue weighted by molar-refractivity contribution is 5.82. The van der Waals surface area contributed by atoms with Crippen LogP contribution in [0.1, 0.15) is 57.4 Å². The van der Waals surface area contributed by atoms with Gasteiger partial charge in [-0.1, -0.05) is 26.2 Å². The number of carbonyl (C=O) groups excluding carboxylic acids is 2. The van der Waals surface area contributed by atoms with Crippen molar-refractivity contribution in [1.29, 1.82) is 0 Å². The summed E-state index contributed by atoms with van der Waals surface area (Å²) in [6.45, 7) is 3.26. The summed E-state index contributed by atoms with van der Waals surface area (Å²) in [7, 11) is 0. The molecule has 0 unspecified atom stereocenters. The average molecular weight is 471 g/mol. The number of piperidine rings is 1. The highest BCUT2D eigenvalue weighted by atomic mass is 16.5. The molecule has 0 bridgehead atoms. The molecule has 1 saturated carbocycles. The molecule has 1 saturated heterocycles. The van der Waals surface area contributed by atoms with Crippen molar-refractivity contribution in [2.24, 2.45) is 5.92 Å². The Morgan fingerprint density at radius 1 is 1.26 bits per heavy atom. The summed E-state index contributed by atoms with van der Waals surface area (Å²) in [5.41, 5.74) is 0.358. The molecule has 34 heavy (non-hydrogen) atoms. The molecule has 2 fully saturated rings. The van der Waals surface area contributed by atoms with Crippen LogP contribution in [-0.4, -0.2) is 53.7 Å². The molecule has 0 spiro atoms. The number of aliphatic hydroxyl groups is 1. The normalized spacial score (nSPS) is 22.3. The lowest BCUT2D eigenvalue weighted by Crippen LogP contribution is -2.54. The maximum atomic E-state index is 12.6. The molecule has 2 N–H and O–H groups in total. The first kappa shape index (κ1) is 24.3. The summed E-state index contributed by atoms with van der Waals surface area (Å²) in [6.07, 6.45) is 6.51. The summed E-state index contributed by atoms with van der Waals surface area (Å²) in [5.74, 6) is 0.269. The van der Waals surface area contributed by atoms with Crippen LogP contribution in [0.3, 0.4) is 0 Å². The van der Waals surface area contributed by atoms with Gasteiger partial charge in [-0.15, -0.1) is 0 Å². The Bertz CT molecular complexity index is 1100. The van der Waals surface area contributed by atoms with Crippen LogP contribution in [0.2, 0.25) is 0 Å². The zero-order chi connectivity index (χ0) is 24.1. The summed E-state index contributed by atoms with van der Waals surface area (Å²) in [4.78, 5) is 38.4. The first-order valence-electron chi connectivity index (χ1n) is 12.3. The molecule has 2 heterocycles. The first-order valence-corrected chi connectivity index (χ1v) is 12.3. The number of rotatable bonds is 8. The molecule has 1 aliphatic heterocycles. The van der Waals surface area contributed by atoms with Crippen LogP contribution in [-0.2, 0) is 16.0 Å². The van der Waals surface area contributed by atoms with Gasteiger partial charge in [0.1, 0.15) is 11.3 Å². The fourth-order valence-electron chi connectivity index (χ4n) is 5.24. The van der Waals surface area contributed by atoms with Crippen LogP contribution in [0.15, 0.2) is 33.5 Å². The number of hydrogen-bond donors (Lipinski definition) is 2. The molecule has 1 aliphatic carbocycles. The number of nitrogens with one attached hydrogen (secondary N) is 1. The molecule has 2 amide bonds. The molecule has 8 heteroatoms. The van der Waals surface area contributed by atoms with E-state index in [2.05, 4.69) is 5.32 Å². The van der Waals surface area contributed by atoms with E-state index in [1.807, 2.05) is 17.9 Å². The SMILES string of the molecule is CCCc1cc(=O)oc2cc(OCC(=O)NCCC(=O)N3CC[C@]4(O)CCCC[C@@H]4C3)ccc12. The lowest BCUT2D eigenvalue weighted by atomic mass is 9.71. The molecule has 4 rings (SSSR count). The molecule has 1 aromatic carbocycles. The number of carbonyl (C=O) groups is 2. The zero-order valence-corrected chi connectivity index (χ0v) is 19.8. The zero-order valence-electron chi connectivity index (χ0n) is 19.8. The Morgan fingerprint density at radius 2 is 2.12 bits per heavy atom. The number of benzene rings is 1. The molecule has 1 aromatic heterocycles. The summed E-state index contributed by atoms with van der Waals surface area (Å²) in [5, 5.41) is 14.4. The first-order chi connectivity index (χ1) is 16.4. The van der Waals surface area contributed by atoms with Crippen molar-refractivity contribution in [3.8, 4) is 5.75 Å². The van der Waals surface area contributed by atoms with Gasteiger partial charge >= 0.3 is 5.63 Å². The van der Waals surface area contributed by atoms with Crippen LogP contribution in [0.5, 0.6) is 5.75 Å². The van der Waals surface area contributed by atoms with E-state index in [1.165, 1.54) is 6.07 Å². The monoisotopic (exact) mass is 470 g/mol. The van der Waals surface area contributed by atoms with Gasteiger partial charge in [0.25, 0.3) is 5.91 Å². The van der Waals surface area contributed by atoms with Crippen molar-refractivity contribution < 1.29 is 23.8 Å². The van der Waals surface area contributed by atoms with Gasteiger partial charge in [-0.2, -0.15) is 0 Å². The second-order valence-corrected chi connectivity index (χ2v) is 9.52. The van der Waals surface area contributed by atoms with E-state index in [9.17, 15) is 19.5 Å². The maximum Gasteiger partial charge on any atom is 0.336 e. The van der Waals surface area contributed by atoms with Crippen LogP contribution in [0.4, 0.5) is 0 Å². The smallest absolute Gasteiger partial charge is 0.336 e. The topological polar surface area (TPSA) is 109 Å². The number of nitrogens with zero attached hydrogens (tertiary/aromatic N) is 1. The van der Waals surface area contributed by atoms with E-state index in [0.717, 1.165) is 49.5 Å². The molecular weight excluding hydrogens is 436 g/mol. The van der Waals surface area contributed by atoms with Gasteiger partial charge < -0.3 is 24.5 Å². The Morgan fingerprint density at radius 3 is 2.94 bits per heavy atom. The van der Waals surface area contributed by atoms with Crippen molar-refractivity contribution in [2.45, 2.75) is 63.9 Å². The van der Waals surface area contributed by atoms with Gasteiger partial charge in [-0.05, 0) is 43.4 Å². The Labute approximate surface area is 199 Å². The lowest BCUT2D eigenvalue weighted by Gasteiger charge is -2.47. The molecular formula is C26H34N2O6. The molecule has 0 radical (unpaired) electrons. The lowest BCUT2D eigenvalue weighted by molar-refractivity contribution is -0.143. The van der Waals surface area contributed by atoms with Gasteiger partial charge in [0.2, 0.25) is 5.91 Å². The number of amides is 2. The number of aryl methyl sites for hydroxylation is 1. The minimum Gasteiger partial charge on any atom is -0.484 e.